The molecule has 1 amide bonds. The molecule has 4 aromatic rings. The zero-order chi connectivity index (χ0) is 21.7. The number of nitriles is 1. The highest BCUT2D eigenvalue weighted by atomic mass is 16.3. The number of fused-ring (bicyclic) bond motifs is 1. The predicted molar refractivity (Wildman–Crippen MR) is 119 cm³/mol. The van der Waals surface area contributed by atoms with Crippen LogP contribution in [0.5, 0.6) is 0 Å². The largest absolute Gasteiger partial charge is 0.372 e. The maximum Gasteiger partial charge on any atom is 0.281 e. The van der Waals surface area contributed by atoms with E-state index in [0.717, 1.165) is 16.5 Å². The van der Waals surface area contributed by atoms with Crippen molar-refractivity contribution in [3.05, 3.63) is 108 Å². The molecule has 31 heavy (non-hydrogen) atoms. The Labute approximate surface area is 179 Å². The average molecular weight is 408 g/mol. The van der Waals surface area contributed by atoms with Gasteiger partial charge in [-0.3, -0.25) is 4.79 Å². The number of amides is 1. The SMILES string of the molecule is N#CCn1cc(/C=N\NC(=O)C(O)(c2ccccc2)c2ccccc2)c2ccccc21. The van der Waals surface area contributed by atoms with Crippen molar-refractivity contribution in [2.75, 3.05) is 0 Å². The molecule has 152 valence electrons. The molecule has 0 saturated heterocycles. The minimum absolute atomic E-state index is 0.211. The molecule has 2 N–H and O–H groups in total. The molecule has 4 rings (SSSR count). The van der Waals surface area contributed by atoms with Crippen LogP contribution in [0, 0.1) is 11.3 Å². The fraction of sp³-hybridized carbons (Fsp3) is 0.0800. The van der Waals surface area contributed by atoms with Crippen LogP contribution in [0.25, 0.3) is 10.9 Å². The molecule has 0 atom stereocenters. The van der Waals surface area contributed by atoms with Gasteiger partial charge in [0.05, 0.1) is 12.3 Å². The van der Waals surface area contributed by atoms with E-state index in [2.05, 4.69) is 16.6 Å². The van der Waals surface area contributed by atoms with Crippen molar-refractivity contribution >= 4 is 23.0 Å². The highest BCUT2D eigenvalue weighted by molar-refractivity contribution is 6.00. The summed E-state index contributed by atoms with van der Waals surface area (Å²) in [6.45, 7) is 0.211. The van der Waals surface area contributed by atoms with E-state index in [1.54, 1.807) is 48.5 Å². The van der Waals surface area contributed by atoms with Crippen molar-refractivity contribution in [2.24, 2.45) is 5.10 Å². The second-order valence-corrected chi connectivity index (χ2v) is 7.03. The molecule has 0 radical (unpaired) electrons. The number of aliphatic hydroxyl groups is 1. The minimum Gasteiger partial charge on any atom is -0.372 e. The van der Waals surface area contributed by atoms with Gasteiger partial charge in [0, 0.05) is 22.7 Å². The third-order valence-corrected chi connectivity index (χ3v) is 5.14. The quantitative estimate of drug-likeness (QED) is 0.378. The summed E-state index contributed by atoms with van der Waals surface area (Å²) in [5.74, 6) is -0.665. The van der Waals surface area contributed by atoms with Gasteiger partial charge in [-0.2, -0.15) is 10.4 Å². The molecule has 0 aliphatic rings. The summed E-state index contributed by atoms with van der Waals surface area (Å²) in [4.78, 5) is 13.1. The molecule has 1 heterocycles. The molecular weight excluding hydrogens is 388 g/mol. The minimum atomic E-state index is -1.89. The molecule has 0 aliphatic heterocycles. The lowest BCUT2D eigenvalue weighted by Crippen LogP contribution is -2.43. The highest BCUT2D eigenvalue weighted by Crippen LogP contribution is 2.30. The number of benzene rings is 3. The molecule has 1 aromatic heterocycles. The summed E-state index contributed by atoms with van der Waals surface area (Å²) in [6.07, 6.45) is 3.33. The van der Waals surface area contributed by atoms with Crippen LogP contribution >= 0.6 is 0 Å². The number of rotatable bonds is 6. The first-order valence-corrected chi connectivity index (χ1v) is 9.76. The molecule has 0 fully saturated rings. The average Bonchev–Trinajstić information content (AvgIpc) is 3.17. The standard InChI is InChI=1S/C25H20N4O2/c26-15-16-29-18-19(22-13-7-8-14-23(22)29)17-27-28-24(30)25(31,20-9-3-1-4-10-20)21-11-5-2-6-12-21/h1-14,17-18,31H,16H2,(H,28,30)/b27-17-. The summed E-state index contributed by atoms with van der Waals surface area (Å²) in [7, 11) is 0. The van der Waals surface area contributed by atoms with Gasteiger partial charge < -0.3 is 9.67 Å². The van der Waals surface area contributed by atoms with Crippen LogP contribution in [0.2, 0.25) is 0 Å². The number of hydrogen-bond donors (Lipinski definition) is 2. The summed E-state index contributed by atoms with van der Waals surface area (Å²) >= 11 is 0. The maximum atomic E-state index is 13.1. The third-order valence-electron chi connectivity index (χ3n) is 5.14. The van der Waals surface area contributed by atoms with Crippen molar-refractivity contribution in [1.29, 1.82) is 5.26 Å². The molecule has 0 unspecified atom stereocenters. The number of hydrazone groups is 1. The number of hydrogen-bond acceptors (Lipinski definition) is 4. The first-order chi connectivity index (χ1) is 15.1. The molecular formula is C25H20N4O2. The first kappa shape index (κ1) is 20.1. The number of aromatic nitrogens is 1. The van der Waals surface area contributed by atoms with Crippen molar-refractivity contribution in [3.63, 3.8) is 0 Å². The highest BCUT2D eigenvalue weighted by Gasteiger charge is 2.39. The number of nitrogens with zero attached hydrogens (tertiary/aromatic N) is 3. The van der Waals surface area contributed by atoms with Gasteiger partial charge in [0.1, 0.15) is 6.54 Å². The fourth-order valence-corrected chi connectivity index (χ4v) is 3.61. The summed E-state index contributed by atoms with van der Waals surface area (Å²) in [6, 6.07) is 27.3. The Balaban J connectivity index is 1.65. The topological polar surface area (TPSA) is 90.4 Å². The zero-order valence-electron chi connectivity index (χ0n) is 16.6. The third kappa shape index (κ3) is 3.82. The van der Waals surface area contributed by atoms with E-state index in [0.29, 0.717) is 11.1 Å². The van der Waals surface area contributed by atoms with Crippen LogP contribution in [0.3, 0.4) is 0 Å². The Morgan fingerprint density at radius 1 is 1.00 bits per heavy atom. The van der Waals surface area contributed by atoms with Gasteiger partial charge in [-0.15, -0.1) is 0 Å². The molecule has 0 spiro atoms. The Hall–Kier alpha value is -4.21. The lowest BCUT2D eigenvalue weighted by atomic mass is 9.85. The van der Waals surface area contributed by atoms with E-state index in [1.165, 1.54) is 6.21 Å². The van der Waals surface area contributed by atoms with Gasteiger partial charge >= 0.3 is 0 Å². The Morgan fingerprint density at radius 2 is 1.58 bits per heavy atom. The van der Waals surface area contributed by atoms with Crippen molar-refractivity contribution in [2.45, 2.75) is 12.1 Å². The smallest absolute Gasteiger partial charge is 0.281 e. The molecule has 0 aliphatic carbocycles. The summed E-state index contributed by atoms with van der Waals surface area (Å²) in [5, 5.41) is 25.5. The Morgan fingerprint density at radius 3 is 2.19 bits per heavy atom. The normalized spacial score (nSPS) is 11.5. The van der Waals surface area contributed by atoms with Crippen molar-refractivity contribution in [3.8, 4) is 6.07 Å². The lowest BCUT2D eigenvalue weighted by Gasteiger charge is -2.27. The van der Waals surface area contributed by atoms with E-state index in [9.17, 15) is 9.90 Å². The Kier molecular flexibility index (Phi) is 5.61. The molecule has 3 aromatic carbocycles. The molecule has 0 bridgehead atoms. The number of carbonyl (C=O) groups excluding carboxylic acids is 1. The van der Waals surface area contributed by atoms with Gasteiger partial charge in [-0.25, -0.2) is 5.43 Å². The fourth-order valence-electron chi connectivity index (χ4n) is 3.61. The molecule has 6 heteroatoms. The van der Waals surface area contributed by atoms with Crippen LogP contribution < -0.4 is 5.43 Å². The van der Waals surface area contributed by atoms with E-state index in [-0.39, 0.29) is 6.54 Å². The van der Waals surface area contributed by atoms with Crippen LogP contribution in [-0.4, -0.2) is 21.8 Å². The maximum absolute atomic E-state index is 13.1. The van der Waals surface area contributed by atoms with Crippen molar-refractivity contribution < 1.29 is 9.90 Å². The molecule has 0 saturated carbocycles. The lowest BCUT2D eigenvalue weighted by molar-refractivity contribution is -0.136. The van der Waals surface area contributed by atoms with Crippen LogP contribution in [0.1, 0.15) is 16.7 Å². The number of para-hydroxylation sites is 1. The van der Waals surface area contributed by atoms with E-state index in [4.69, 9.17) is 5.26 Å². The zero-order valence-corrected chi connectivity index (χ0v) is 16.6. The second-order valence-electron chi connectivity index (χ2n) is 7.03. The predicted octanol–water partition coefficient (Wildman–Crippen LogP) is 3.55. The first-order valence-electron chi connectivity index (χ1n) is 9.76. The number of carbonyl (C=O) groups is 1. The van der Waals surface area contributed by atoms with Gasteiger partial charge in [0.15, 0.2) is 5.60 Å². The van der Waals surface area contributed by atoms with Gasteiger partial charge in [-0.1, -0.05) is 78.9 Å². The van der Waals surface area contributed by atoms with Crippen molar-refractivity contribution in [1.82, 2.24) is 9.99 Å². The van der Waals surface area contributed by atoms with Crippen LogP contribution in [-0.2, 0) is 16.9 Å². The van der Waals surface area contributed by atoms with E-state index < -0.39 is 11.5 Å². The van der Waals surface area contributed by atoms with E-state index in [1.807, 2.05) is 47.2 Å². The molecule has 6 nitrogen and oxygen atoms in total. The number of nitrogens with one attached hydrogen (secondary N) is 1. The Bertz CT molecular complexity index is 1230. The van der Waals surface area contributed by atoms with Gasteiger partial charge in [0.25, 0.3) is 5.91 Å². The summed E-state index contributed by atoms with van der Waals surface area (Å²) < 4.78 is 1.82. The second kappa shape index (κ2) is 8.66. The van der Waals surface area contributed by atoms with Crippen LogP contribution in [0.4, 0.5) is 0 Å². The van der Waals surface area contributed by atoms with Gasteiger partial charge in [0.2, 0.25) is 0 Å². The van der Waals surface area contributed by atoms with Crippen LogP contribution in [0.15, 0.2) is 96.2 Å². The monoisotopic (exact) mass is 408 g/mol. The summed E-state index contributed by atoms with van der Waals surface area (Å²) in [5.41, 5.74) is 3.14. The van der Waals surface area contributed by atoms with Gasteiger partial charge in [-0.05, 0) is 17.2 Å². The van der Waals surface area contributed by atoms with E-state index >= 15 is 0 Å².